The summed E-state index contributed by atoms with van der Waals surface area (Å²) in [6, 6.07) is 0. The van der Waals surface area contributed by atoms with Crippen LogP contribution in [0, 0.1) is 17.8 Å². The Labute approximate surface area is 111 Å². The minimum Gasteiger partial charge on any atom is -0.384 e. The zero-order chi connectivity index (χ0) is 13.4. The van der Waals surface area contributed by atoms with E-state index in [1.807, 2.05) is 0 Å². The van der Waals surface area contributed by atoms with E-state index in [2.05, 4.69) is 12.2 Å². The van der Waals surface area contributed by atoms with Gasteiger partial charge in [0.1, 0.15) is 0 Å². The van der Waals surface area contributed by atoms with E-state index in [1.165, 1.54) is 6.42 Å². The molecule has 0 aliphatic heterocycles. The van der Waals surface area contributed by atoms with Gasteiger partial charge in [-0.1, -0.05) is 19.8 Å². The number of rotatable bonds is 7. The Morgan fingerprint density at radius 3 is 2.94 bits per heavy atom. The van der Waals surface area contributed by atoms with E-state index in [0.717, 1.165) is 32.2 Å². The molecule has 1 fully saturated rings. The van der Waals surface area contributed by atoms with Crippen LogP contribution in [0.4, 0.5) is 0 Å². The Hall–Kier alpha value is -0.610. The number of amides is 1. The molecule has 0 aromatic rings. The molecule has 1 rings (SSSR count). The van der Waals surface area contributed by atoms with Crippen molar-refractivity contribution in [2.45, 2.75) is 39.0 Å². The van der Waals surface area contributed by atoms with Crippen LogP contribution in [0.1, 0.15) is 39.0 Å². The SMILES string of the molecule is COCC(C)CNC(=O)C1CCCC(CCN)C1. The third kappa shape index (κ3) is 5.36. The highest BCUT2D eigenvalue weighted by molar-refractivity contribution is 5.78. The van der Waals surface area contributed by atoms with Gasteiger partial charge in [-0.2, -0.15) is 0 Å². The Morgan fingerprint density at radius 2 is 2.28 bits per heavy atom. The Bertz CT molecular complexity index is 244. The fourth-order valence-electron chi connectivity index (χ4n) is 2.79. The van der Waals surface area contributed by atoms with Crippen molar-refractivity contribution in [3.8, 4) is 0 Å². The lowest BCUT2D eigenvalue weighted by Gasteiger charge is -2.28. The summed E-state index contributed by atoms with van der Waals surface area (Å²) < 4.78 is 5.07. The Morgan fingerprint density at radius 1 is 1.50 bits per heavy atom. The van der Waals surface area contributed by atoms with Gasteiger partial charge in [-0.15, -0.1) is 0 Å². The summed E-state index contributed by atoms with van der Waals surface area (Å²) in [5.74, 6) is 1.45. The second-order valence-corrected chi connectivity index (χ2v) is 5.61. The number of methoxy groups -OCH3 is 1. The maximum atomic E-state index is 12.1. The van der Waals surface area contributed by atoms with Gasteiger partial charge >= 0.3 is 0 Å². The highest BCUT2D eigenvalue weighted by Crippen LogP contribution is 2.30. The lowest BCUT2D eigenvalue weighted by molar-refractivity contribution is -0.126. The number of carbonyl (C=O) groups is 1. The van der Waals surface area contributed by atoms with Crippen LogP contribution in [-0.2, 0) is 9.53 Å². The molecule has 0 aromatic heterocycles. The van der Waals surface area contributed by atoms with Gasteiger partial charge in [-0.25, -0.2) is 0 Å². The molecule has 3 N–H and O–H groups in total. The van der Waals surface area contributed by atoms with Crippen LogP contribution < -0.4 is 11.1 Å². The second-order valence-electron chi connectivity index (χ2n) is 5.61. The monoisotopic (exact) mass is 256 g/mol. The second kappa shape index (κ2) is 8.48. The molecule has 1 saturated carbocycles. The smallest absolute Gasteiger partial charge is 0.223 e. The van der Waals surface area contributed by atoms with E-state index in [4.69, 9.17) is 10.5 Å². The number of hydrogen-bond acceptors (Lipinski definition) is 3. The predicted molar refractivity (Wildman–Crippen MR) is 73.2 cm³/mol. The van der Waals surface area contributed by atoms with E-state index in [0.29, 0.717) is 25.0 Å². The van der Waals surface area contributed by atoms with Crippen molar-refractivity contribution in [2.24, 2.45) is 23.5 Å². The summed E-state index contributed by atoms with van der Waals surface area (Å²) in [6.07, 6.45) is 5.51. The van der Waals surface area contributed by atoms with Crippen molar-refractivity contribution in [1.82, 2.24) is 5.32 Å². The molecule has 3 atom stereocenters. The van der Waals surface area contributed by atoms with Gasteiger partial charge in [-0.05, 0) is 37.6 Å². The molecule has 4 nitrogen and oxygen atoms in total. The lowest BCUT2D eigenvalue weighted by Crippen LogP contribution is -2.37. The first kappa shape index (κ1) is 15.4. The van der Waals surface area contributed by atoms with Crippen molar-refractivity contribution in [1.29, 1.82) is 0 Å². The summed E-state index contributed by atoms with van der Waals surface area (Å²) in [5.41, 5.74) is 5.60. The maximum Gasteiger partial charge on any atom is 0.223 e. The molecular formula is C14H28N2O2. The van der Waals surface area contributed by atoms with Crippen LogP contribution in [-0.4, -0.2) is 32.7 Å². The van der Waals surface area contributed by atoms with E-state index >= 15 is 0 Å². The third-order valence-electron chi connectivity index (χ3n) is 3.80. The van der Waals surface area contributed by atoms with Gasteiger partial charge in [0.2, 0.25) is 5.91 Å². The number of carbonyl (C=O) groups excluding carboxylic acids is 1. The van der Waals surface area contributed by atoms with Gasteiger partial charge in [0.05, 0.1) is 6.61 Å². The molecule has 1 aliphatic carbocycles. The first-order chi connectivity index (χ1) is 8.67. The molecule has 18 heavy (non-hydrogen) atoms. The first-order valence-electron chi connectivity index (χ1n) is 7.14. The summed E-state index contributed by atoms with van der Waals surface area (Å²) >= 11 is 0. The quantitative estimate of drug-likeness (QED) is 0.726. The van der Waals surface area contributed by atoms with Gasteiger partial charge in [0.25, 0.3) is 0 Å². The topological polar surface area (TPSA) is 64.3 Å². The third-order valence-corrected chi connectivity index (χ3v) is 3.80. The normalized spacial score (nSPS) is 25.7. The minimum atomic E-state index is 0.199. The molecule has 106 valence electrons. The van der Waals surface area contributed by atoms with Gasteiger partial charge < -0.3 is 15.8 Å². The largest absolute Gasteiger partial charge is 0.384 e. The summed E-state index contributed by atoms with van der Waals surface area (Å²) in [4.78, 5) is 12.1. The summed E-state index contributed by atoms with van der Waals surface area (Å²) in [7, 11) is 1.69. The van der Waals surface area contributed by atoms with Crippen LogP contribution in [0.3, 0.4) is 0 Å². The predicted octanol–water partition coefficient (Wildman–Crippen LogP) is 1.54. The van der Waals surface area contributed by atoms with E-state index < -0.39 is 0 Å². The van der Waals surface area contributed by atoms with E-state index in [-0.39, 0.29) is 11.8 Å². The molecule has 0 heterocycles. The molecule has 0 radical (unpaired) electrons. The molecule has 0 spiro atoms. The minimum absolute atomic E-state index is 0.199. The van der Waals surface area contributed by atoms with Gasteiger partial charge in [-0.3, -0.25) is 4.79 Å². The number of nitrogens with two attached hydrogens (primary N) is 1. The van der Waals surface area contributed by atoms with Crippen molar-refractivity contribution < 1.29 is 9.53 Å². The van der Waals surface area contributed by atoms with E-state index in [9.17, 15) is 4.79 Å². The van der Waals surface area contributed by atoms with Gasteiger partial charge in [0, 0.05) is 19.6 Å². The maximum absolute atomic E-state index is 12.1. The fraction of sp³-hybridized carbons (Fsp3) is 0.929. The number of hydrogen-bond donors (Lipinski definition) is 2. The highest BCUT2D eigenvalue weighted by Gasteiger charge is 2.26. The molecule has 1 aliphatic rings. The lowest BCUT2D eigenvalue weighted by atomic mass is 9.79. The highest BCUT2D eigenvalue weighted by atomic mass is 16.5. The van der Waals surface area contributed by atoms with Crippen LogP contribution in [0.2, 0.25) is 0 Å². The zero-order valence-electron chi connectivity index (χ0n) is 11.8. The molecule has 4 heteroatoms. The average molecular weight is 256 g/mol. The van der Waals surface area contributed by atoms with Crippen molar-refractivity contribution in [3.63, 3.8) is 0 Å². The standard InChI is InChI=1S/C14H28N2O2/c1-11(10-18-2)9-16-14(17)13-5-3-4-12(8-13)6-7-15/h11-13H,3-10,15H2,1-2H3,(H,16,17). The average Bonchev–Trinajstić information content (AvgIpc) is 2.37. The first-order valence-corrected chi connectivity index (χ1v) is 7.14. The molecule has 0 aromatic carbocycles. The van der Waals surface area contributed by atoms with Crippen LogP contribution >= 0.6 is 0 Å². The van der Waals surface area contributed by atoms with Gasteiger partial charge in [0.15, 0.2) is 0 Å². The summed E-state index contributed by atoms with van der Waals surface area (Å²) in [6.45, 7) is 4.23. The Kier molecular flexibility index (Phi) is 7.28. The number of nitrogens with one attached hydrogen (secondary N) is 1. The summed E-state index contributed by atoms with van der Waals surface area (Å²) in [5, 5.41) is 3.05. The van der Waals surface area contributed by atoms with Crippen molar-refractivity contribution in [3.05, 3.63) is 0 Å². The van der Waals surface area contributed by atoms with Crippen LogP contribution in [0.15, 0.2) is 0 Å². The number of ether oxygens (including phenoxy) is 1. The van der Waals surface area contributed by atoms with Crippen molar-refractivity contribution in [2.75, 3.05) is 26.8 Å². The van der Waals surface area contributed by atoms with E-state index in [1.54, 1.807) is 7.11 Å². The van der Waals surface area contributed by atoms with Crippen LogP contribution in [0.25, 0.3) is 0 Å². The molecule has 3 unspecified atom stereocenters. The molecule has 0 bridgehead atoms. The fourth-order valence-corrected chi connectivity index (χ4v) is 2.79. The molecule has 1 amide bonds. The van der Waals surface area contributed by atoms with Crippen LogP contribution in [0.5, 0.6) is 0 Å². The Balaban J connectivity index is 2.28. The molecular weight excluding hydrogens is 228 g/mol. The zero-order valence-corrected chi connectivity index (χ0v) is 11.8. The molecule has 0 saturated heterocycles. The van der Waals surface area contributed by atoms with Crippen molar-refractivity contribution >= 4 is 5.91 Å².